The summed E-state index contributed by atoms with van der Waals surface area (Å²) in [5.41, 5.74) is 2.63. The summed E-state index contributed by atoms with van der Waals surface area (Å²) in [4.78, 5) is 29.8. The minimum absolute atomic E-state index is 0.227. The van der Waals surface area contributed by atoms with E-state index in [0.717, 1.165) is 21.6 Å². The second-order valence-corrected chi connectivity index (χ2v) is 7.16. The molecule has 140 valence electrons. The van der Waals surface area contributed by atoms with Crippen LogP contribution in [0.15, 0.2) is 54.7 Å². The van der Waals surface area contributed by atoms with Crippen LogP contribution < -0.4 is 10.6 Å². The first kappa shape index (κ1) is 17.9. The van der Waals surface area contributed by atoms with Crippen LogP contribution in [0.1, 0.15) is 25.9 Å². The number of rotatable bonds is 4. The molecule has 4 aromatic rings. The predicted molar refractivity (Wildman–Crippen MR) is 109 cm³/mol. The monoisotopic (exact) mass is 391 g/mol. The molecule has 7 nitrogen and oxygen atoms in total. The average Bonchev–Trinajstić information content (AvgIpc) is 3.29. The highest BCUT2D eigenvalue weighted by molar-refractivity contribution is 7.20. The van der Waals surface area contributed by atoms with Gasteiger partial charge in [-0.25, -0.2) is 9.67 Å². The first-order valence-electron chi connectivity index (χ1n) is 8.61. The van der Waals surface area contributed by atoms with Gasteiger partial charge in [-0.05, 0) is 37.3 Å². The van der Waals surface area contributed by atoms with Crippen LogP contribution in [0.4, 0.5) is 5.69 Å². The zero-order chi connectivity index (χ0) is 19.7. The number of nitrogens with zero attached hydrogens (tertiary/aromatic N) is 3. The smallest absolute Gasteiger partial charge is 0.269 e. The van der Waals surface area contributed by atoms with Crippen LogP contribution in [0.5, 0.6) is 0 Å². The van der Waals surface area contributed by atoms with Gasteiger partial charge in [0.05, 0.1) is 28.1 Å². The lowest BCUT2D eigenvalue weighted by Crippen LogP contribution is -2.19. The van der Waals surface area contributed by atoms with E-state index in [1.54, 1.807) is 19.2 Å². The van der Waals surface area contributed by atoms with Gasteiger partial charge in [-0.15, -0.1) is 11.3 Å². The van der Waals surface area contributed by atoms with Gasteiger partial charge in [-0.3, -0.25) is 9.59 Å². The number of anilines is 1. The fourth-order valence-corrected chi connectivity index (χ4v) is 3.90. The van der Waals surface area contributed by atoms with Gasteiger partial charge < -0.3 is 10.6 Å². The van der Waals surface area contributed by atoms with E-state index >= 15 is 0 Å². The van der Waals surface area contributed by atoms with Gasteiger partial charge in [0.1, 0.15) is 10.5 Å². The van der Waals surface area contributed by atoms with Gasteiger partial charge in [-0.2, -0.15) is 5.10 Å². The second-order valence-electron chi connectivity index (χ2n) is 6.13. The molecule has 2 amide bonds. The van der Waals surface area contributed by atoms with Crippen LogP contribution in [0.2, 0.25) is 0 Å². The molecule has 3 aromatic heterocycles. The van der Waals surface area contributed by atoms with Crippen LogP contribution in [0.3, 0.4) is 0 Å². The Kier molecular flexibility index (Phi) is 4.62. The number of thiophene rings is 1. The molecule has 8 heteroatoms. The van der Waals surface area contributed by atoms with E-state index in [9.17, 15) is 9.59 Å². The van der Waals surface area contributed by atoms with Crippen LogP contribution in [0, 0.1) is 6.92 Å². The standard InChI is InChI=1S/C20H17N5O2S/c1-12-15-10-17(28-20(15)25(24-12)14-6-4-3-5-7-14)19(27)23-13-8-9-16(22-11-13)18(26)21-2/h3-11H,1-2H3,(H,21,26)(H,23,27). The number of carbonyl (C=O) groups is 2. The zero-order valence-corrected chi connectivity index (χ0v) is 16.1. The number of aryl methyl sites for hydroxylation is 1. The van der Waals surface area contributed by atoms with Gasteiger partial charge in [0.25, 0.3) is 11.8 Å². The zero-order valence-electron chi connectivity index (χ0n) is 15.3. The number of hydrogen-bond donors (Lipinski definition) is 2. The molecule has 0 aliphatic carbocycles. The molecule has 0 aliphatic heterocycles. The number of fused-ring (bicyclic) bond motifs is 1. The third-order valence-electron chi connectivity index (χ3n) is 4.25. The summed E-state index contributed by atoms with van der Waals surface area (Å²) in [7, 11) is 1.54. The summed E-state index contributed by atoms with van der Waals surface area (Å²) in [6.45, 7) is 1.93. The van der Waals surface area contributed by atoms with Crippen molar-refractivity contribution >= 4 is 39.1 Å². The summed E-state index contributed by atoms with van der Waals surface area (Å²) in [6, 6.07) is 14.9. The van der Waals surface area contributed by atoms with Crippen molar-refractivity contribution in [1.29, 1.82) is 0 Å². The highest BCUT2D eigenvalue weighted by Crippen LogP contribution is 2.30. The van der Waals surface area contributed by atoms with Crippen molar-refractivity contribution < 1.29 is 9.59 Å². The Labute approximate surface area is 165 Å². The normalized spacial score (nSPS) is 10.8. The maximum absolute atomic E-state index is 12.7. The minimum Gasteiger partial charge on any atom is -0.354 e. The number of pyridine rings is 1. The maximum Gasteiger partial charge on any atom is 0.269 e. The Morgan fingerprint density at radius 1 is 1.07 bits per heavy atom. The van der Waals surface area contributed by atoms with Crippen LogP contribution in [-0.2, 0) is 0 Å². The van der Waals surface area contributed by atoms with E-state index in [1.807, 2.05) is 48.0 Å². The third kappa shape index (κ3) is 3.25. The van der Waals surface area contributed by atoms with Gasteiger partial charge in [-0.1, -0.05) is 18.2 Å². The number of amides is 2. The summed E-state index contributed by atoms with van der Waals surface area (Å²) in [6.07, 6.45) is 1.47. The summed E-state index contributed by atoms with van der Waals surface area (Å²) < 4.78 is 1.85. The van der Waals surface area contributed by atoms with E-state index in [4.69, 9.17) is 0 Å². The molecule has 0 aliphatic rings. The van der Waals surface area contributed by atoms with Gasteiger partial charge in [0, 0.05) is 12.4 Å². The van der Waals surface area contributed by atoms with Crippen molar-refractivity contribution in [1.82, 2.24) is 20.1 Å². The number of hydrogen-bond acceptors (Lipinski definition) is 5. The Morgan fingerprint density at radius 2 is 1.86 bits per heavy atom. The molecule has 1 aromatic carbocycles. The molecular weight excluding hydrogens is 374 g/mol. The highest BCUT2D eigenvalue weighted by atomic mass is 32.1. The molecule has 0 spiro atoms. The quantitative estimate of drug-likeness (QED) is 0.558. The predicted octanol–water partition coefficient (Wildman–Crippen LogP) is 3.40. The summed E-state index contributed by atoms with van der Waals surface area (Å²) in [5.74, 6) is -0.502. The summed E-state index contributed by atoms with van der Waals surface area (Å²) in [5, 5.41) is 10.9. The second kappa shape index (κ2) is 7.24. The fraction of sp³-hybridized carbons (Fsp3) is 0.100. The SMILES string of the molecule is CNC(=O)c1ccc(NC(=O)c2cc3c(C)nn(-c4ccccc4)c3s2)cn1. The lowest BCUT2D eigenvalue weighted by molar-refractivity contribution is 0.0957. The topological polar surface area (TPSA) is 88.9 Å². The van der Waals surface area contributed by atoms with Crippen LogP contribution >= 0.6 is 11.3 Å². The van der Waals surface area contributed by atoms with Crippen molar-refractivity contribution in [3.63, 3.8) is 0 Å². The van der Waals surface area contributed by atoms with E-state index in [1.165, 1.54) is 17.5 Å². The molecule has 0 saturated heterocycles. The Balaban J connectivity index is 1.61. The molecule has 0 radical (unpaired) electrons. The van der Waals surface area contributed by atoms with E-state index in [2.05, 4.69) is 20.7 Å². The summed E-state index contributed by atoms with van der Waals surface area (Å²) >= 11 is 1.38. The minimum atomic E-state index is -0.275. The molecule has 28 heavy (non-hydrogen) atoms. The molecule has 0 atom stereocenters. The van der Waals surface area contributed by atoms with E-state index in [-0.39, 0.29) is 11.8 Å². The number of nitrogens with one attached hydrogen (secondary N) is 2. The Hall–Kier alpha value is -3.52. The van der Waals surface area contributed by atoms with Crippen molar-refractivity contribution in [2.75, 3.05) is 12.4 Å². The van der Waals surface area contributed by atoms with E-state index in [0.29, 0.717) is 16.3 Å². The lowest BCUT2D eigenvalue weighted by Gasteiger charge is -2.04. The number of aromatic nitrogens is 3. The molecule has 0 bridgehead atoms. The Morgan fingerprint density at radius 3 is 2.54 bits per heavy atom. The molecule has 0 saturated carbocycles. The highest BCUT2D eigenvalue weighted by Gasteiger charge is 2.17. The number of carbonyl (C=O) groups excluding carboxylic acids is 2. The average molecular weight is 391 g/mol. The first-order valence-corrected chi connectivity index (χ1v) is 9.42. The van der Waals surface area contributed by atoms with Gasteiger partial charge in [0.15, 0.2) is 0 Å². The number of benzene rings is 1. The Bertz CT molecular complexity index is 1160. The first-order chi connectivity index (χ1) is 13.6. The number of para-hydroxylation sites is 1. The molecular formula is C20H17N5O2S. The van der Waals surface area contributed by atoms with Crippen molar-refractivity contribution in [3.8, 4) is 5.69 Å². The molecule has 0 fully saturated rings. The fourth-order valence-electron chi connectivity index (χ4n) is 2.83. The lowest BCUT2D eigenvalue weighted by atomic mass is 10.3. The van der Waals surface area contributed by atoms with E-state index < -0.39 is 0 Å². The van der Waals surface area contributed by atoms with Gasteiger partial charge in [0.2, 0.25) is 0 Å². The van der Waals surface area contributed by atoms with Crippen LogP contribution in [0.25, 0.3) is 15.9 Å². The van der Waals surface area contributed by atoms with Crippen molar-refractivity contribution in [2.45, 2.75) is 6.92 Å². The molecule has 0 unspecified atom stereocenters. The third-order valence-corrected chi connectivity index (χ3v) is 5.36. The largest absolute Gasteiger partial charge is 0.354 e. The van der Waals surface area contributed by atoms with Gasteiger partial charge >= 0.3 is 0 Å². The molecule has 4 rings (SSSR count). The van der Waals surface area contributed by atoms with Crippen LogP contribution in [-0.4, -0.2) is 33.6 Å². The maximum atomic E-state index is 12.7. The molecule has 3 heterocycles. The van der Waals surface area contributed by atoms with Crippen molar-refractivity contribution in [2.24, 2.45) is 0 Å². The van der Waals surface area contributed by atoms with Crippen molar-refractivity contribution in [3.05, 3.63) is 71.0 Å². The molecule has 2 N–H and O–H groups in total.